The molecule has 0 aromatic heterocycles. The molecule has 1 N–H and O–H groups in total. The monoisotopic (exact) mass is 314 g/mol. The van der Waals surface area contributed by atoms with Crippen molar-refractivity contribution in [2.75, 3.05) is 13.1 Å². The molecule has 2 rings (SSSR count). The smallest absolute Gasteiger partial charge is 0.242 e. The van der Waals surface area contributed by atoms with Crippen molar-refractivity contribution in [2.45, 2.75) is 45.2 Å². The van der Waals surface area contributed by atoms with Gasteiger partial charge in [0.05, 0.1) is 5.54 Å². The number of carbonyl (C=O) groups is 1. The van der Waals surface area contributed by atoms with E-state index in [1.54, 1.807) is 11.0 Å². The molecule has 118 valence electrons. The summed E-state index contributed by atoms with van der Waals surface area (Å²) in [6, 6.07) is 6.46. The van der Waals surface area contributed by atoms with E-state index in [0.717, 1.165) is 31.4 Å². The summed E-state index contributed by atoms with van der Waals surface area (Å²) in [5.74, 6) is -0.142. The van der Waals surface area contributed by atoms with E-state index >= 15 is 0 Å². The van der Waals surface area contributed by atoms with Crippen LogP contribution in [0.15, 0.2) is 24.3 Å². The minimum absolute atomic E-state index is 0. The predicted octanol–water partition coefficient (Wildman–Crippen LogP) is 3.13. The van der Waals surface area contributed by atoms with Gasteiger partial charge in [-0.2, -0.15) is 0 Å². The highest BCUT2D eigenvalue weighted by Crippen LogP contribution is 2.22. The van der Waals surface area contributed by atoms with Crippen LogP contribution in [0, 0.1) is 5.82 Å². The van der Waals surface area contributed by atoms with E-state index in [2.05, 4.69) is 5.32 Å². The Balaban J connectivity index is 0.00000220. The number of likely N-dealkylation sites (N-methyl/N-ethyl adjacent to an activating group) is 1. The number of piperidine rings is 1. The second-order valence-electron chi connectivity index (χ2n) is 5.67. The fraction of sp³-hybridized carbons (Fsp3) is 0.562. The summed E-state index contributed by atoms with van der Waals surface area (Å²) in [5.41, 5.74) is 0.362. The highest BCUT2D eigenvalue weighted by Gasteiger charge is 2.36. The van der Waals surface area contributed by atoms with Crippen molar-refractivity contribution in [1.82, 2.24) is 10.2 Å². The van der Waals surface area contributed by atoms with Gasteiger partial charge in [0.2, 0.25) is 5.91 Å². The van der Waals surface area contributed by atoms with Gasteiger partial charge in [-0.25, -0.2) is 4.39 Å². The van der Waals surface area contributed by atoms with Gasteiger partial charge in [0.15, 0.2) is 0 Å². The molecule has 1 fully saturated rings. The molecule has 1 unspecified atom stereocenters. The lowest BCUT2D eigenvalue weighted by Crippen LogP contribution is -2.57. The van der Waals surface area contributed by atoms with Crippen molar-refractivity contribution in [3.05, 3.63) is 35.6 Å². The van der Waals surface area contributed by atoms with Gasteiger partial charge in [0.1, 0.15) is 5.82 Å². The van der Waals surface area contributed by atoms with Crippen LogP contribution in [-0.4, -0.2) is 29.4 Å². The Morgan fingerprint density at radius 2 is 2.19 bits per heavy atom. The lowest BCUT2D eigenvalue weighted by Gasteiger charge is -2.37. The Kier molecular flexibility index (Phi) is 6.62. The van der Waals surface area contributed by atoms with Gasteiger partial charge in [0, 0.05) is 13.1 Å². The molecule has 1 saturated heterocycles. The summed E-state index contributed by atoms with van der Waals surface area (Å²) in [7, 11) is 0. The van der Waals surface area contributed by atoms with Crippen LogP contribution in [0.2, 0.25) is 0 Å². The van der Waals surface area contributed by atoms with Gasteiger partial charge in [-0.15, -0.1) is 12.4 Å². The number of rotatable bonds is 4. The van der Waals surface area contributed by atoms with Crippen molar-refractivity contribution in [1.29, 1.82) is 0 Å². The standard InChI is InChI=1S/C16H23FN2O.ClH/c1-3-19(12-13-7-6-8-14(17)11-13)15(20)16(2)9-4-5-10-18-16;/h6-8,11,18H,3-5,9-10,12H2,1-2H3;1H. The molecule has 1 aromatic carbocycles. The van der Waals surface area contributed by atoms with Crippen LogP contribution in [0.25, 0.3) is 0 Å². The first-order valence-corrected chi connectivity index (χ1v) is 7.34. The topological polar surface area (TPSA) is 32.3 Å². The van der Waals surface area contributed by atoms with Crippen LogP contribution < -0.4 is 5.32 Å². The summed E-state index contributed by atoms with van der Waals surface area (Å²) in [6.45, 7) is 5.92. The number of nitrogens with zero attached hydrogens (tertiary/aromatic N) is 1. The Bertz CT molecular complexity index is 475. The van der Waals surface area contributed by atoms with Gasteiger partial charge in [-0.3, -0.25) is 4.79 Å². The summed E-state index contributed by atoms with van der Waals surface area (Å²) in [6.07, 6.45) is 3.07. The summed E-state index contributed by atoms with van der Waals surface area (Å²) in [4.78, 5) is 14.5. The van der Waals surface area contributed by atoms with Gasteiger partial charge in [0.25, 0.3) is 0 Å². The van der Waals surface area contributed by atoms with Crippen molar-refractivity contribution >= 4 is 18.3 Å². The van der Waals surface area contributed by atoms with E-state index in [1.165, 1.54) is 12.1 Å². The number of hydrogen-bond acceptors (Lipinski definition) is 2. The number of amides is 1. The van der Waals surface area contributed by atoms with Crippen LogP contribution in [0.3, 0.4) is 0 Å². The number of benzene rings is 1. The molecule has 21 heavy (non-hydrogen) atoms. The lowest BCUT2D eigenvalue weighted by atomic mass is 9.89. The molecule has 1 atom stereocenters. The second kappa shape index (κ2) is 7.76. The normalized spacial score (nSPS) is 21.5. The molecule has 0 saturated carbocycles. The Morgan fingerprint density at radius 1 is 1.43 bits per heavy atom. The van der Waals surface area contributed by atoms with E-state index in [1.807, 2.05) is 19.9 Å². The van der Waals surface area contributed by atoms with Crippen LogP contribution in [0.5, 0.6) is 0 Å². The van der Waals surface area contributed by atoms with Gasteiger partial charge >= 0.3 is 0 Å². The Morgan fingerprint density at radius 3 is 2.76 bits per heavy atom. The maximum Gasteiger partial charge on any atom is 0.242 e. The van der Waals surface area contributed by atoms with Gasteiger partial charge in [-0.05, 0) is 57.4 Å². The maximum atomic E-state index is 13.2. The zero-order chi connectivity index (χ0) is 14.6. The van der Waals surface area contributed by atoms with Gasteiger partial charge in [-0.1, -0.05) is 12.1 Å². The van der Waals surface area contributed by atoms with Crippen LogP contribution in [0.1, 0.15) is 38.7 Å². The summed E-state index contributed by atoms with van der Waals surface area (Å²) in [5, 5.41) is 3.34. The second-order valence-corrected chi connectivity index (χ2v) is 5.67. The van der Waals surface area contributed by atoms with E-state index < -0.39 is 5.54 Å². The fourth-order valence-electron chi connectivity index (χ4n) is 2.77. The molecular weight excluding hydrogens is 291 g/mol. The van der Waals surface area contributed by atoms with Crippen molar-refractivity contribution in [3.63, 3.8) is 0 Å². The highest BCUT2D eigenvalue weighted by atomic mass is 35.5. The number of halogens is 2. The molecule has 1 aliphatic heterocycles. The van der Waals surface area contributed by atoms with Gasteiger partial charge < -0.3 is 10.2 Å². The first-order chi connectivity index (χ1) is 9.55. The van der Waals surface area contributed by atoms with Crippen molar-refractivity contribution in [2.24, 2.45) is 0 Å². The molecule has 0 aliphatic carbocycles. The molecule has 5 heteroatoms. The fourth-order valence-corrected chi connectivity index (χ4v) is 2.77. The minimum Gasteiger partial charge on any atom is -0.337 e. The van der Waals surface area contributed by atoms with E-state index in [0.29, 0.717) is 13.1 Å². The third kappa shape index (κ3) is 4.42. The molecule has 0 bridgehead atoms. The quantitative estimate of drug-likeness (QED) is 0.926. The van der Waals surface area contributed by atoms with E-state index in [9.17, 15) is 9.18 Å². The Labute approximate surface area is 132 Å². The average Bonchev–Trinajstić information content (AvgIpc) is 2.45. The average molecular weight is 315 g/mol. The molecule has 1 aliphatic rings. The first kappa shape index (κ1) is 17.9. The largest absolute Gasteiger partial charge is 0.337 e. The molecular formula is C16H24ClFN2O. The lowest BCUT2D eigenvalue weighted by molar-refractivity contribution is -0.139. The molecule has 3 nitrogen and oxygen atoms in total. The van der Waals surface area contributed by atoms with Crippen molar-refractivity contribution in [3.8, 4) is 0 Å². The summed E-state index contributed by atoms with van der Waals surface area (Å²) >= 11 is 0. The molecule has 0 radical (unpaired) electrons. The maximum absolute atomic E-state index is 13.2. The SMILES string of the molecule is CCN(Cc1cccc(F)c1)C(=O)C1(C)CCCCN1.Cl. The zero-order valence-corrected chi connectivity index (χ0v) is 13.5. The van der Waals surface area contributed by atoms with Crippen LogP contribution >= 0.6 is 12.4 Å². The Hall–Kier alpha value is -1.13. The van der Waals surface area contributed by atoms with Crippen LogP contribution in [0.4, 0.5) is 4.39 Å². The minimum atomic E-state index is -0.471. The molecule has 1 amide bonds. The number of nitrogens with one attached hydrogen (secondary N) is 1. The van der Waals surface area contributed by atoms with E-state index in [-0.39, 0.29) is 24.1 Å². The third-order valence-electron chi connectivity index (χ3n) is 4.02. The first-order valence-electron chi connectivity index (χ1n) is 7.34. The highest BCUT2D eigenvalue weighted by molar-refractivity contribution is 5.86. The molecule has 1 aromatic rings. The molecule has 0 spiro atoms. The number of carbonyl (C=O) groups excluding carboxylic acids is 1. The zero-order valence-electron chi connectivity index (χ0n) is 12.7. The summed E-state index contributed by atoms with van der Waals surface area (Å²) < 4.78 is 13.2. The van der Waals surface area contributed by atoms with Crippen molar-refractivity contribution < 1.29 is 9.18 Å². The number of hydrogen-bond donors (Lipinski definition) is 1. The predicted molar refractivity (Wildman–Crippen MR) is 85.0 cm³/mol. The van der Waals surface area contributed by atoms with E-state index in [4.69, 9.17) is 0 Å². The molecule has 1 heterocycles. The third-order valence-corrected chi connectivity index (χ3v) is 4.02. The van der Waals surface area contributed by atoms with Crippen LogP contribution in [-0.2, 0) is 11.3 Å².